The molecule has 0 spiro atoms. The molecule has 0 heterocycles. The van der Waals surface area contributed by atoms with Crippen molar-refractivity contribution in [2.24, 2.45) is 11.1 Å². The monoisotopic (exact) mass is 314 g/mol. The first-order valence-electron chi connectivity index (χ1n) is 6.78. The SMILES string of the molecule is Cc1cc(F)c(C(=O)N(C)CC2CCC2)cc1S(N)(=O)=O. The Hall–Kier alpha value is -1.47. The number of nitrogens with zero attached hydrogens (tertiary/aromatic N) is 1. The molecule has 2 N–H and O–H groups in total. The Balaban J connectivity index is 2.31. The van der Waals surface area contributed by atoms with Crippen LogP contribution in [-0.4, -0.2) is 32.8 Å². The van der Waals surface area contributed by atoms with Crippen LogP contribution in [0.2, 0.25) is 0 Å². The molecule has 0 unspecified atom stereocenters. The van der Waals surface area contributed by atoms with Gasteiger partial charge < -0.3 is 4.90 Å². The number of hydrogen-bond donors (Lipinski definition) is 1. The van der Waals surface area contributed by atoms with E-state index in [9.17, 15) is 17.6 Å². The van der Waals surface area contributed by atoms with Crippen molar-refractivity contribution in [2.45, 2.75) is 31.1 Å². The summed E-state index contributed by atoms with van der Waals surface area (Å²) in [5.74, 6) is -0.806. The average Bonchev–Trinajstić information content (AvgIpc) is 2.31. The van der Waals surface area contributed by atoms with Crippen LogP contribution in [-0.2, 0) is 10.0 Å². The molecule has 7 heteroatoms. The largest absolute Gasteiger partial charge is 0.341 e. The van der Waals surface area contributed by atoms with Crippen LogP contribution in [0.5, 0.6) is 0 Å². The minimum atomic E-state index is -3.99. The van der Waals surface area contributed by atoms with Crippen molar-refractivity contribution in [2.75, 3.05) is 13.6 Å². The molecule has 0 aromatic heterocycles. The second-order valence-electron chi connectivity index (χ2n) is 5.63. The Bertz CT molecular complexity index is 669. The molecule has 0 radical (unpaired) electrons. The summed E-state index contributed by atoms with van der Waals surface area (Å²) in [4.78, 5) is 13.5. The molecule has 2 rings (SSSR count). The molecule has 0 bridgehead atoms. The van der Waals surface area contributed by atoms with E-state index in [1.54, 1.807) is 7.05 Å². The number of nitrogens with two attached hydrogens (primary N) is 1. The van der Waals surface area contributed by atoms with Crippen LogP contribution in [0.25, 0.3) is 0 Å². The number of primary sulfonamides is 1. The van der Waals surface area contributed by atoms with E-state index in [0.29, 0.717) is 12.5 Å². The summed E-state index contributed by atoms with van der Waals surface area (Å²) in [7, 11) is -2.39. The molecular weight excluding hydrogens is 295 g/mol. The minimum absolute atomic E-state index is 0.188. The Labute approximate surface area is 124 Å². The summed E-state index contributed by atoms with van der Waals surface area (Å²) in [6.07, 6.45) is 3.29. The molecular formula is C14H19FN2O3S. The van der Waals surface area contributed by atoms with Gasteiger partial charge in [0, 0.05) is 13.6 Å². The van der Waals surface area contributed by atoms with Gasteiger partial charge in [-0.05, 0) is 43.4 Å². The highest BCUT2D eigenvalue weighted by Crippen LogP contribution is 2.27. The maximum atomic E-state index is 14.0. The zero-order valence-electron chi connectivity index (χ0n) is 12.1. The number of hydrogen-bond acceptors (Lipinski definition) is 3. The number of carbonyl (C=O) groups excluding carboxylic acids is 1. The zero-order chi connectivity index (χ0) is 15.8. The van der Waals surface area contributed by atoms with E-state index in [1.165, 1.54) is 11.8 Å². The molecule has 1 amide bonds. The van der Waals surface area contributed by atoms with Gasteiger partial charge in [-0.3, -0.25) is 4.79 Å². The standard InChI is InChI=1S/C14H19FN2O3S/c1-9-6-12(15)11(7-13(9)21(16,19)20)14(18)17(2)8-10-4-3-5-10/h6-7,10H,3-5,8H2,1-2H3,(H2,16,19,20). The van der Waals surface area contributed by atoms with Crippen LogP contribution in [0, 0.1) is 18.7 Å². The van der Waals surface area contributed by atoms with Crippen molar-refractivity contribution in [1.82, 2.24) is 4.90 Å². The number of carbonyl (C=O) groups is 1. The van der Waals surface area contributed by atoms with Gasteiger partial charge in [0.15, 0.2) is 0 Å². The van der Waals surface area contributed by atoms with Crippen molar-refractivity contribution in [1.29, 1.82) is 0 Å². The summed E-state index contributed by atoms with van der Waals surface area (Å²) in [6, 6.07) is 2.06. The van der Waals surface area contributed by atoms with Gasteiger partial charge >= 0.3 is 0 Å². The topological polar surface area (TPSA) is 80.5 Å². The molecule has 0 saturated heterocycles. The average molecular weight is 314 g/mol. The number of sulfonamides is 1. The lowest BCUT2D eigenvalue weighted by Crippen LogP contribution is -2.35. The Kier molecular flexibility index (Phi) is 4.34. The smallest absolute Gasteiger partial charge is 0.256 e. The normalized spacial score (nSPS) is 15.6. The Morgan fingerprint density at radius 1 is 1.43 bits per heavy atom. The second kappa shape index (κ2) is 5.73. The van der Waals surface area contributed by atoms with E-state index in [0.717, 1.165) is 31.4 Å². The first-order valence-corrected chi connectivity index (χ1v) is 8.33. The number of halogens is 1. The fraction of sp³-hybridized carbons (Fsp3) is 0.500. The summed E-state index contributed by atoms with van der Waals surface area (Å²) in [5.41, 5.74) is -0.0698. The molecule has 21 heavy (non-hydrogen) atoms. The summed E-state index contributed by atoms with van der Waals surface area (Å²) in [5, 5.41) is 5.09. The van der Waals surface area contributed by atoms with Crippen molar-refractivity contribution in [3.63, 3.8) is 0 Å². The molecule has 1 aromatic rings. The van der Waals surface area contributed by atoms with Crippen LogP contribution in [0.1, 0.15) is 35.2 Å². The van der Waals surface area contributed by atoms with Crippen LogP contribution in [0.4, 0.5) is 4.39 Å². The van der Waals surface area contributed by atoms with Crippen molar-refractivity contribution in [3.8, 4) is 0 Å². The highest BCUT2D eigenvalue weighted by Gasteiger charge is 2.25. The quantitative estimate of drug-likeness (QED) is 0.917. The Morgan fingerprint density at radius 2 is 2.05 bits per heavy atom. The summed E-state index contributed by atoms with van der Waals surface area (Å²) >= 11 is 0. The second-order valence-corrected chi connectivity index (χ2v) is 7.16. The first-order chi connectivity index (χ1) is 9.70. The third-order valence-electron chi connectivity index (χ3n) is 3.91. The van der Waals surface area contributed by atoms with Crippen LogP contribution in [0.15, 0.2) is 17.0 Å². The van der Waals surface area contributed by atoms with E-state index in [1.807, 2.05) is 0 Å². The molecule has 0 aliphatic heterocycles. The zero-order valence-corrected chi connectivity index (χ0v) is 12.9. The maximum absolute atomic E-state index is 14.0. The van der Waals surface area contributed by atoms with E-state index in [2.05, 4.69) is 0 Å². The lowest BCUT2D eigenvalue weighted by atomic mass is 9.85. The molecule has 5 nitrogen and oxygen atoms in total. The number of rotatable bonds is 4. The van der Waals surface area contributed by atoms with Gasteiger partial charge in [-0.2, -0.15) is 0 Å². The van der Waals surface area contributed by atoms with Crippen molar-refractivity contribution >= 4 is 15.9 Å². The minimum Gasteiger partial charge on any atom is -0.341 e. The molecule has 116 valence electrons. The molecule has 1 aliphatic rings. The van der Waals surface area contributed by atoms with Crippen LogP contribution >= 0.6 is 0 Å². The van der Waals surface area contributed by atoms with Gasteiger partial charge in [-0.15, -0.1) is 0 Å². The van der Waals surface area contributed by atoms with Gasteiger partial charge in [-0.1, -0.05) is 6.42 Å². The van der Waals surface area contributed by atoms with Gasteiger partial charge in [0.25, 0.3) is 5.91 Å². The van der Waals surface area contributed by atoms with E-state index < -0.39 is 21.7 Å². The molecule has 1 fully saturated rings. The lowest BCUT2D eigenvalue weighted by Gasteiger charge is -2.30. The van der Waals surface area contributed by atoms with Gasteiger partial charge in [0.2, 0.25) is 10.0 Å². The number of aryl methyl sites for hydroxylation is 1. The van der Waals surface area contributed by atoms with Crippen molar-refractivity contribution in [3.05, 3.63) is 29.1 Å². The Morgan fingerprint density at radius 3 is 2.52 bits per heavy atom. The first kappa shape index (κ1) is 15.9. The third kappa shape index (κ3) is 3.41. The van der Waals surface area contributed by atoms with Crippen molar-refractivity contribution < 1.29 is 17.6 Å². The molecule has 1 saturated carbocycles. The maximum Gasteiger partial charge on any atom is 0.256 e. The van der Waals surface area contributed by atoms with E-state index in [-0.39, 0.29) is 16.0 Å². The highest BCUT2D eigenvalue weighted by molar-refractivity contribution is 7.89. The number of benzene rings is 1. The van der Waals surface area contributed by atoms with Crippen LogP contribution in [0.3, 0.4) is 0 Å². The van der Waals surface area contributed by atoms with Crippen LogP contribution < -0.4 is 5.14 Å². The fourth-order valence-corrected chi connectivity index (χ4v) is 3.26. The summed E-state index contributed by atoms with van der Waals surface area (Å²) < 4.78 is 36.9. The van der Waals surface area contributed by atoms with E-state index in [4.69, 9.17) is 5.14 Å². The van der Waals surface area contributed by atoms with Gasteiger partial charge in [0.05, 0.1) is 10.5 Å². The predicted octanol–water partition coefficient (Wildman–Crippen LogP) is 1.65. The number of amides is 1. The predicted molar refractivity (Wildman–Crippen MR) is 76.8 cm³/mol. The molecule has 1 aromatic carbocycles. The van der Waals surface area contributed by atoms with E-state index >= 15 is 0 Å². The summed E-state index contributed by atoms with van der Waals surface area (Å²) in [6.45, 7) is 1.99. The lowest BCUT2D eigenvalue weighted by molar-refractivity contribution is 0.0740. The fourth-order valence-electron chi connectivity index (χ4n) is 2.47. The molecule has 1 aliphatic carbocycles. The molecule has 0 atom stereocenters. The third-order valence-corrected chi connectivity index (χ3v) is 4.96. The van der Waals surface area contributed by atoms with Gasteiger partial charge in [-0.25, -0.2) is 17.9 Å². The van der Waals surface area contributed by atoms with Gasteiger partial charge in [0.1, 0.15) is 5.82 Å². The highest BCUT2D eigenvalue weighted by atomic mass is 32.2.